The number of hydrogen-bond acceptors (Lipinski definition) is 6. The summed E-state index contributed by atoms with van der Waals surface area (Å²) in [4.78, 5) is 18.2. The van der Waals surface area contributed by atoms with Crippen LogP contribution in [0.5, 0.6) is 0 Å². The van der Waals surface area contributed by atoms with Crippen molar-refractivity contribution in [2.75, 3.05) is 31.6 Å². The van der Waals surface area contributed by atoms with Crippen LogP contribution in [0.1, 0.15) is 13.8 Å². The van der Waals surface area contributed by atoms with E-state index in [1.165, 1.54) is 12.3 Å². The summed E-state index contributed by atoms with van der Waals surface area (Å²) < 4.78 is 0. The molecule has 0 spiro atoms. The molecule has 110 valence electrons. The highest BCUT2D eigenvalue weighted by molar-refractivity contribution is 5.47. The Hall–Kier alpha value is -1.73. The molecule has 7 nitrogen and oxygen atoms in total. The molecule has 1 atom stereocenters. The van der Waals surface area contributed by atoms with Crippen molar-refractivity contribution >= 4 is 11.5 Å². The lowest BCUT2D eigenvalue weighted by atomic mass is 9.95. The quantitative estimate of drug-likeness (QED) is 0.654. The van der Waals surface area contributed by atoms with Gasteiger partial charge in [-0.1, -0.05) is 0 Å². The number of nitro groups is 1. The van der Waals surface area contributed by atoms with E-state index < -0.39 is 10.5 Å². The molecule has 1 aliphatic rings. The van der Waals surface area contributed by atoms with E-state index >= 15 is 0 Å². The number of aliphatic hydroxyl groups is 1. The van der Waals surface area contributed by atoms with Gasteiger partial charge >= 0.3 is 5.82 Å². The zero-order valence-corrected chi connectivity index (χ0v) is 12.0. The molecule has 0 aliphatic carbocycles. The Labute approximate surface area is 118 Å². The van der Waals surface area contributed by atoms with Gasteiger partial charge in [-0.05, 0) is 36.9 Å². The van der Waals surface area contributed by atoms with Gasteiger partial charge in [-0.3, -0.25) is 4.90 Å². The average Bonchev–Trinajstić information content (AvgIpc) is 2.38. The van der Waals surface area contributed by atoms with E-state index in [1.807, 2.05) is 7.05 Å². The van der Waals surface area contributed by atoms with Crippen molar-refractivity contribution in [3.63, 3.8) is 0 Å². The van der Waals surface area contributed by atoms with Gasteiger partial charge in [0, 0.05) is 25.7 Å². The Kier molecular flexibility index (Phi) is 3.92. The third kappa shape index (κ3) is 3.05. The highest BCUT2D eigenvalue weighted by Crippen LogP contribution is 2.24. The van der Waals surface area contributed by atoms with Gasteiger partial charge in [-0.15, -0.1) is 0 Å². The van der Waals surface area contributed by atoms with Crippen LogP contribution in [-0.2, 0) is 0 Å². The standard InChI is InChI=1S/C13H20N4O3/c1-13(2,18)11-9-16(7-6-15(11)3)10-4-5-12(14-8-10)17(19)20/h4-5,8,11,18H,6-7,9H2,1-3H3. The first-order valence-electron chi connectivity index (χ1n) is 6.57. The lowest BCUT2D eigenvalue weighted by molar-refractivity contribution is -0.389. The van der Waals surface area contributed by atoms with Crippen molar-refractivity contribution < 1.29 is 10.0 Å². The molecule has 2 heterocycles. The molecule has 1 unspecified atom stereocenters. The monoisotopic (exact) mass is 280 g/mol. The second-order valence-corrected chi connectivity index (χ2v) is 5.73. The first-order chi connectivity index (χ1) is 9.29. The molecule has 1 aliphatic heterocycles. The molecule has 1 aromatic rings. The van der Waals surface area contributed by atoms with Gasteiger partial charge < -0.3 is 20.1 Å². The minimum absolute atomic E-state index is 0.00596. The van der Waals surface area contributed by atoms with Crippen molar-refractivity contribution in [3.05, 3.63) is 28.4 Å². The van der Waals surface area contributed by atoms with Crippen molar-refractivity contribution in [3.8, 4) is 0 Å². The molecule has 7 heteroatoms. The van der Waals surface area contributed by atoms with Crippen LogP contribution >= 0.6 is 0 Å². The minimum atomic E-state index is -0.804. The summed E-state index contributed by atoms with van der Waals surface area (Å²) in [5, 5.41) is 20.8. The third-order valence-corrected chi connectivity index (χ3v) is 3.75. The Morgan fingerprint density at radius 3 is 2.65 bits per heavy atom. The summed E-state index contributed by atoms with van der Waals surface area (Å²) in [6, 6.07) is 3.12. The number of anilines is 1. The maximum Gasteiger partial charge on any atom is 0.363 e. The van der Waals surface area contributed by atoms with E-state index in [0.29, 0.717) is 6.54 Å². The lowest BCUT2D eigenvalue weighted by Crippen LogP contribution is -2.59. The molecule has 1 aromatic heterocycles. The lowest BCUT2D eigenvalue weighted by Gasteiger charge is -2.45. The number of hydrogen-bond donors (Lipinski definition) is 1. The summed E-state index contributed by atoms with van der Waals surface area (Å²) in [6.07, 6.45) is 1.52. The summed E-state index contributed by atoms with van der Waals surface area (Å²) in [6.45, 7) is 5.89. The SMILES string of the molecule is CN1CCN(c2ccc([N+](=O)[O-])nc2)CC1C(C)(C)O. The zero-order chi connectivity index (χ0) is 14.9. The molecule has 1 fully saturated rings. The van der Waals surface area contributed by atoms with Gasteiger partial charge in [0.05, 0.1) is 17.3 Å². The maximum atomic E-state index is 10.6. The molecule has 0 radical (unpaired) electrons. The fourth-order valence-electron chi connectivity index (χ4n) is 2.54. The smallest absolute Gasteiger partial charge is 0.363 e. The van der Waals surface area contributed by atoms with Crippen LogP contribution in [-0.4, -0.2) is 58.2 Å². The van der Waals surface area contributed by atoms with Crippen LogP contribution in [0.25, 0.3) is 0 Å². The molecule has 1 N–H and O–H groups in total. The highest BCUT2D eigenvalue weighted by atomic mass is 16.6. The topological polar surface area (TPSA) is 82.7 Å². The maximum absolute atomic E-state index is 10.6. The first kappa shape index (κ1) is 14.7. The number of likely N-dealkylation sites (N-methyl/N-ethyl adjacent to an activating group) is 1. The second kappa shape index (κ2) is 5.34. The molecule has 20 heavy (non-hydrogen) atoms. The Bertz CT molecular complexity index is 483. The molecule has 0 aromatic carbocycles. The van der Waals surface area contributed by atoms with Crippen molar-refractivity contribution in [2.45, 2.75) is 25.5 Å². The average molecular weight is 280 g/mol. The Balaban J connectivity index is 2.15. The molecule has 2 rings (SSSR count). The molecule has 1 saturated heterocycles. The molecule has 0 bridgehead atoms. The van der Waals surface area contributed by atoms with E-state index in [9.17, 15) is 15.2 Å². The van der Waals surface area contributed by atoms with Crippen molar-refractivity contribution in [2.24, 2.45) is 0 Å². The van der Waals surface area contributed by atoms with Gasteiger partial charge in [0.2, 0.25) is 0 Å². The van der Waals surface area contributed by atoms with E-state index in [1.54, 1.807) is 19.9 Å². The van der Waals surface area contributed by atoms with Gasteiger partial charge in [0.1, 0.15) is 0 Å². The summed E-state index contributed by atoms with van der Waals surface area (Å²) in [7, 11) is 1.99. The van der Waals surface area contributed by atoms with Crippen molar-refractivity contribution in [1.29, 1.82) is 0 Å². The molecular weight excluding hydrogens is 260 g/mol. The van der Waals surface area contributed by atoms with E-state index in [0.717, 1.165) is 18.8 Å². The summed E-state index contributed by atoms with van der Waals surface area (Å²) >= 11 is 0. The van der Waals surface area contributed by atoms with Gasteiger partial charge in [0.15, 0.2) is 6.20 Å². The molecule has 0 amide bonds. The predicted octanol–water partition coefficient (Wildman–Crippen LogP) is 0.881. The Morgan fingerprint density at radius 2 is 2.15 bits per heavy atom. The van der Waals surface area contributed by atoms with E-state index in [2.05, 4.69) is 14.8 Å². The number of rotatable bonds is 3. The van der Waals surface area contributed by atoms with Crippen LogP contribution in [0.4, 0.5) is 11.5 Å². The van der Waals surface area contributed by atoms with Gasteiger partial charge in [0.25, 0.3) is 0 Å². The van der Waals surface area contributed by atoms with Crippen molar-refractivity contribution in [1.82, 2.24) is 9.88 Å². The summed E-state index contributed by atoms with van der Waals surface area (Å²) in [5.41, 5.74) is 0.0414. The molecular formula is C13H20N4O3. The fourth-order valence-corrected chi connectivity index (χ4v) is 2.54. The zero-order valence-electron chi connectivity index (χ0n) is 12.0. The largest absolute Gasteiger partial charge is 0.389 e. The van der Waals surface area contributed by atoms with E-state index in [4.69, 9.17) is 0 Å². The predicted molar refractivity (Wildman–Crippen MR) is 75.8 cm³/mol. The second-order valence-electron chi connectivity index (χ2n) is 5.73. The third-order valence-electron chi connectivity index (χ3n) is 3.75. The number of nitrogens with zero attached hydrogens (tertiary/aromatic N) is 4. The number of piperazine rings is 1. The number of aromatic nitrogens is 1. The normalized spacial score (nSPS) is 21.0. The van der Waals surface area contributed by atoms with E-state index in [-0.39, 0.29) is 11.9 Å². The van der Waals surface area contributed by atoms with Gasteiger partial charge in [-0.2, -0.15) is 0 Å². The first-order valence-corrected chi connectivity index (χ1v) is 6.57. The Morgan fingerprint density at radius 1 is 1.45 bits per heavy atom. The summed E-state index contributed by atoms with van der Waals surface area (Å²) in [5.74, 6) is -0.151. The fraction of sp³-hybridized carbons (Fsp3) is 0.615. The van der Waals surface area contributed by atoms with Crippen LogP contribution in [0.3, 0.4) is 0 Å². The van der Waals surface area contributed by atoms with Crippen LogP contribution in [0.15, 0.2) is 18.3 Å². The number of pyridine rings is 1. The van der Waals surface area contributed by atoms with Gasteiger partial charge in [-0.25, -0.2) is 0 Å². The highest BCUT2D eigenvalue weighted by Gasteiger charge is 2.35. The van der Waals surface area contributed by atoms with Crippen LogP contribution < -0.4 is 4.90 Å². The van der Waals surface area contributed by atoms with Crippen LogP contribution in [0, 0.1) is 10.1 Å². The molecule has 0 saturated carbocycles. The minimum Gasteiger partial charge on any atom is -0.389 e. The van der Waals surface area contributed by atoms with Crippen LogP contribution in [0.2, 0.25) is 0 Å².